The lowest BCUT2D eigenvalue weighted by atomic mass is 10.1. The summed E-state index contributed by atoms with van der Waals surface area (Å²) in [6.07, 6.45) is 1.66. The smallest absolute Gasteiger partial charge is 0.387 e. The van der Waals surface area contributed by atoms with Gasteiger partial charge in [-0.25, -0.2) is 9.97 Å². The van der Waals surface area contributed by atoms with Gasteiger partial charge >= 0.3 is 6.61 Å². The van der Waals surface area contributed by atoms with Gasteiger partial charge in [0.25, 0.3) is 0 Å². The number of ether oxygens (including phenoxy) is 2. The first-order valence-electron chi connectivity index (χ1n) is 9.89. The number of amides is 1. The summed E-state index contributed by atoms with van der Waals surface area (Å²) in [5.74, 6) is -0.256. The van der Waals surface area contributed by atoms with E-state index in [2.05, 4.69) is 26.1 Å². The predicted octanol–water partition coefficient (Wildman–Crippen LogP) is 5.64. The van der Waals surface area contributed by atoms with Crippen molar-refractivity contribution in [3.8, 4) is 22.8 Å². The van der Waals surface area contributed by atoms with Crippen molar-refractivity contribution in [2.45, 2.75) is 11.8 Å². The molecule has 1 heterocycles. The Morgan fingerprint density at radius 1 is 1.03 bits per heavy atom. The Morgan fingerprint density at radius 2 is 1.85 bits per heavy atom. The van der Waals surface area contributed by atoms with E-state index in [9.17, 15) is 13.6 Å². The van der Waals surface area contributed by atoms with Crippen molar-refractivity contribution < 1.29 is 23.0 Å². The van der Waals surface area contributed by atoms with Gasteiger partial charge in [-0.3, -0.25) is 4.79 Å². The second-order valence-corrected chi connectivity index (χ2v) is 7.81. The van der Waals surface area contributed by atoms with Gasteiger partial charge in [-0.05, 0) is 35.0 Å². The van der Waals surface area contributed by atoms with E-state index in [1.165, 1.54) is 37.1 Å². The molecule has 168 valence electrons. The highest BCUT2D eigenvalue weighted by molar-refractivity contribution is 7.99. The molecule has 1 N–H and O–H groups in total. The van der Waals surface area contributed by atoms with E-state index >= 15 is 0 Å². The van der Waals surface area contributed by atoms with Crippen molar-refractivity contribution >= 4 is 34.1 Å². The molecule has 0 unspecified atom stereocenters. The van der Waals surface area contributed by atoms with Crippen LogP contribution in [0.4, 0.5) is 14.5 Å². The van der Waals surface area contributed by atoms with Crippen LogP contribution in [0.2, 0.25) is 0 Å². The molecule has 0 saturated carbocycles. The van der Waals surface area contributed by atoms with E-state index in [1.807, 2.05) is 42.5 Å². The minimum absolute atomic E-state index is 0.0682. The average Bonchev–Trinajstić information content (AvgIpc) is 2.83. The fourth-order valence-electron chi connectivity index (χ4n) is 3.19. The highest BCUT2D eigenvalue weighted by Gasteiger charge is 2.13. The van der Waals surface area contributed by atoms with Gasteiger partial charge in [0, 0.05) is 23.5 Å². The number of methoxy groups -OCH3 is 1. The molecule has 4 rings (SSSR count). The largest absolute Gasteiger partial charge is 0.493 e. The van der Waals surface area contributed by atoms with Gasteiger partial charge in [0.05, 0.1) is 18.6 Å². The standard InChI is InChI=1S/C24H19F2N3O3S/c1-31-21-13-18(8-9-20(21)32-23(25)26)28-22(30)14-33-24-27-11-10-19(29-24)17-7-6-15-4-2-3-5-16(15)12-17/h2-13,23H,14H2,1H3,(H,28,30). The molecule has 6 nitrogen and oxygen atoms in total. The number of hydrogen-bond donors (Lipinski definition) is 1. The first kappa shape index (κ1) is 22.5. The number of alkyl halides is 2. The molecule has 0 radical (unpaired) electrons. The maximum Gasteiger partial charge on any atom is 0.387 e. The van der Waals surface area contributed by atoms with Crippen molar-refractivity contribution in [3.05, 3.63) is 72.9 Å². The number of fused-ring (bicyclic) bond motifs is 1. The Kier molecular flexibility index (Phi) is 6.99. The van der Waals surface area contributed by atoms with Crippen LogP contribution in [0, 0.1) is 0 Å². The zero-order chi connectivity index (χ0) is 23.2. The molecule has 0 aliphatic carbocycles. The van der Waals surface area contributed by atoms with Crippen LogP contribution in [0.15, 0.2) is 78.1 Å². The number of carbonyl (C=O) groups is 1. The molecule has 1 aromatic heterocycles. The number of thioether (sulfide) groups is 1. The van der Waals surface area contributed by atoms with Crippen LogP contribution in [0.1, 0.15) is 0 Å². The van der Waals surface area contributed by atoms with Crippen molar-refractivity contribution in [1.82, 2.24) is 9.97 Å². The lowest BCUT2D eigenvalue weighted by molar-refractivity contribution is -0.113. The van der Waals surface area contributed by atoms with Gasteiger partial charge in [-0.2, -0.15) is 8.78 Å². The molecule has 3 aromatic carbocycles. The van der Waals surface area contributed by atoms with Crippen LogP contribution in [0.25, 0.3) is 22.0 Å². The summed E-state index contributed by atoms with van der Waals surface area (Å²) in [4.78, 5) is 21.2. The van der Waals surface area contributed by atoms with Crippen molar-refractivity contribution in [3.63, 3.8) is 0 Å². The topological polar surface area (TPSA) is 73.3 Å². The Balaban J connectivity index is 1.40. The maximum atomic E-state index is 12.5. The molecule has 1 amide bonds. The summed E-state index contributed by atoms with van der Waals surface area (Å²) < 4.78 is 34.3. The third-order valence-electron chi connectivity index (χ3n) is 4.67. The number of anilines is 1. The fourth-order valence-corrected chi connectivity index (χ4v) is 3.82. The molecular formula is C24H19F2N3O3S. The number of hydrogen-bond acceptors (Lipinski definition) is 6. The fraction of sp³-hybridized carbons (Fsp3) is 0.125. The third-order valence-corrected chi connectivity index (χ3v) is 5.54. The molecule has 0 aliphatic heterocycles. The number of carbonyl (C=O) groups excluding carboxylic acids is 1. The van der Waals surface area contributed by atoms with E-state index in [-0.39, 0.29) is 23.2 Å². The van der Waals surface area contributed by atoms with Crippen LogP contribution in [-0.2, 0) is 4.79 Å². The number of benzene rings is 3. The lowest BCUT2D eigenvalue weighted by Crippen LogP contribution is -2.14. The summed E-state index contributed by atoms with van der Waals surface area (Å²) in [5, 5.41) is 5.42. The first-order chi connectivity index (χ1) is 16.0. The normalized spacial score (nSPS) is 10.9. The molecule has 0 atom stereocenters. The van der Waals surface area contributed by atoms with Crippen LogP contribution in [0.3, 0.4) is 0 Å². The molecule has 0 spiro atoms. The van der Waals surface area contributed by atoms with Gasteiger partial charge in [0.15, 0.2) is 16.7 Å². The van der Waals surface area contributed by atoms with Crippen LogP contribution >= 0.6 is 11.8 Å². The Morgan fingerprint density at radius 3 is 2.64 bits per heavy atom. The predicted molar refractivity (Wildman–Crippen MR) is 124 cm³/mol. The quantitative estimate of drug-likeness (QED) is 0.267. The molecule has 33 heavy (non-hydrogen) atoms. The minimum atomic E-state index is -2.97. The maximum absolute atomic E-state index is 12.5. The molecule has 0 aliphatic rings. The number of rotatable bonds is 8. The van der Waals surface area contributed by atoms with E-state index in [4.69, 9.17) is 4.74 Å². The molecule has 0 saturated heterocycles. The van der Waals surface area contributed by atoms with Crippen molar-refractivity contribution in [2.75, 3.05) is 18.2 Å². The van der Waals surface area contributed by atoms with Gasteiger partial charge in [-0.1, -0.05) is 48.2 Å². The van der Waals surface area contributed by atoms with E-state index in [0.717, 1.165) is 22.0 Å². The van der Waals surface area contributed by atoms with Gasteiger partial charge in [-0.15, -0.1) is 0 Å². The molecule has 0 bridgehead atoms. The SMILES string of the molecule is COc1cc(NC(=O)CSc2nccc(-c3ccc4ccccc4c3)n2)ccc1OC(F)F. The van der Waals surface area contributed by atoms with Gasteiger partial charge < -0.3 is 14.8 Å². The second-order valence-electron chi connectivity index (χ2n) is 6.87. The second kappa shape index (κ2) is 10.3. The first-order valence-corrected chi connectivity index (χ1v) is 10.9. The molecule has 0 fully saturated rings. The number of nitrogens with one attached hydrogen (secondary N) is 1. The number of nitrogens with zero attached hydrogens (tertiary/aromatic N) is 2. The Bertz CT molecular complexity index is 1290. The van der Waals surface area contributed by atoms with E-state index in [0.29, 0.717) is 10.8 Å². The highest BCUT2D eigenvalue weighted by atomic mass is 32.2. The zero-order valence-corrected chi connectivity index (χ0v) is 18.3. The molecule has 4 aromatic rings. The summed E-state index contributed by atoms with van der Waals surface area (Å²) in [6.45, 7) is -2.97. The van der Waals surface area contributed by atoms with Crippen molar-refractivity contribution in [1.29, 1.82) is 0 Å². The number of aromatic nitrogens is 2. The molecule has 9 heteroatoms. The summed E-state index contributed by atoms with van der Waals surface area (Å²) in [7, 11) is 1.33. The van der Waals surface area contributed by atoms with Gasteiger partial charge in [0.1, 0.15) is 0 Å². The monoisotopic (exact) mass is 467 g/mol. The van der Waals surface area contributed by atoms with E-state index in [1.54, 1.807) is 6.20 Å². The lowest BCUT2D eigenvalue weighted by Gasteiger charge is -2.12. The van der Waals surface area contributed by atoms with Crippen molar-refractivity contribution in [2.24, 2.45) is 0 Å². The average molecular weight is 467 g/mol. The van der Waals surface area contributed by atoms with Gasteiger partial charge in [0.2, 0.25) is 5.91 Å². The summed E-state index contributed by atoms with van der Waals surface area (Å²) in [6, 6.07) is 20.2. The summed E-state index contributed by atoms with van der Waals surface area (Å²) >= 11 is 1.19. The minimum Gasteiger partial charge on any atom is -0.493 e. The Hall–Kier alpha value is -3.72. The van der Waals surface area contributed by atoms with Crippen LogP contribution in [0.5, 0.6) is 11.5 Å². The third kappa shape index (κ3) is 5.75. The number of halogens is 2. The van der Waals surface area contributed by atoms with Crippen LogP contribution < -0.4 is 14.8 Å². The zero-order valence-electron chi connectivity index (χ0n) is 17.5. The Labute approximate surface area is 193 Å². The van der Waals surface area contributed by atoms with E-state index < -0.39 is 6.61 Å². The molecular weight excluding hydrogens is 448 g/mol. The summed E-state index contributed by atoms with van der Waals surface area (Å²) in [5.41, 5.74) is 2.11. The van der Waals surface area contributed by atoms with Crippen LogP contribution in [-0.4, -0.2) is 35.3 Å². The highest BCUT2D eigenvalue weighted by Crippen LogP contribution is 2.31.